The van der Waals surface area contributed by atoms with E-state index in [1.54, 1.807) is 4.90 Å². The molecule has 0 aliphatic heterocycles. The highest BCUT2D eigenvalue weighted by Gasteiger charge is 2.07. The number of amides is 1. The molecular weight excluding hydrogens is 214 g/mol. The number of benzene rings is 1. The van der Waals surface area contributed by atoms with Gasteiger partial charge in [0.1, 0.15) is 0 Å². The summed E-state index contributed by atoms with van der Waals surface area (Å²) < 4.78 is 0. The molecule has 0 fully saturated rings. The zero-order valence-electron chi connectivity index (χ0n) is 10.0. The summed E-state index contributed by atoms with van der Waals surface area (Å²) in [5, 5.41) is 8.73. The van der Waals surface area contributed by atoms with Crippen LogP contribution in [0.4, 0.5) is 0 Å². The SMILES string of the molecule is CCN(CCCO)C(=O)C#Cc1ccccc1. The summed E-state index contributed by atoms with van der Waals surface area (Å²) in [5.74, 6) is 5.26. The van der Waals surface area contributed by atoms with Crippen LogP contribution in [-0.4, -0.2) is 35.6 Å². The van der Waals surface area contributed by atoms with E-state index in [4.69, 9.17) is 5.11 Å². The molecule has 0 atom stereocenters. The summed E-state index contributed by atoms with van der Waals surface area (Å²) in [7, 11) is 0. The fraction of sp³-hybridized carbons (Fsp3) is 0.357. The van der Waals surface area contributed by atoms with Gasteiger partial charge in [0.25, 0.3) is 5.91 Å². The van der Waals surface area contributed by atoms with Crippen molar-refractivity contribution in [3.63, 3.8) is 0 Å². The molecular formula is C14H17NO2. The van der Waals surface area contributed by atoms with E-state index in [1.807, 2.05) is 37.3 Å². The maximum absolute atomic E-state index is 11.7. The average molecular weight is 231 g/mol. The molecule has 0 saturated carbocycles. The minimum atomic E-state index is -0.190. The van der Waals surface area contributed by atoms with Gasteiger partial charge in [-0.2, -0.15) is 0 Å². The molecule has 0 bridgehead atoms. The summed E-state index contributed by atoms with van der Waals surface area (Å²) in [6.45, 7) is 3.16. The Morgan fingerprint density at radius 3 is 2.65 bits per heavy atom. The van der Waals surface area contributed by atoms with Crippen LogP contribution in [0, 0.1) is 11.8 Å². The van der Waals surface area contributed by atoms with Crippen molar-refractivity contribution in [1.82, 2.24) is 4.90 Å². The predicted molar refractivity (Wildman–Crippen MR) is 67.3 cm³/mol. The highest BCUT2D eigenvalue weighted by Crippen LogP contribution is 1.96. The van der Waals surface area contributed by atoms with Crippen LogP contribution in [0.3, 0.4) is 0 Å². The summed E-state index contributed by atoms with van der Waals surface area (Å²) in [5.41, 5.74) is 0.832. The lowest BCUT2D eigenvalue weighted by molar-refractivity contribution is -0.125. The smallest absolute Gasteiger partial charge is 0.298 e. The fourth-order valence-electron chi connectivity index (χ4n) is 1.39. The van der Waals surface area contributed by atoms with Crippen LogP contribution in [0.5, 0.6) is 0 Å². The van der Waals surface area contributed by atoms with Crippen LogP contribution < -0.4 is 0 Å². The van der Waals surface area contributed by atoms with Crippen LogP contribution in [0.25, 0.3) is 0 Å². The Morgan fingerprint density at radius 2 is 2.06 bits per heavy atom. The molecule has 17 heavy (non-hydrogen) atoms. The maximum atomic E-state index is 11.7. The molecule has 1 rings (SSSR count). The van der Waals surface area contributed by atoms with Crippen LogP contribution in [-0.2, 0) is 4.79 Å². The van der Waals surface area contributed by atoms with Crippen molar-refractivity contribution in [2.75, 3.05) is 19.7 Å². The van der Waals surface area contributed by atoms with Crippen LogP contribution in [0.1, 0.15) is 18.9 Å². The number of nitrogens with zero attached hydrogens (tertiary/aromatic N) is 1. The largest absolute Gasteiger partial charge is 0.396 e. The first kappa shape index (κ1) is 13.3. The first-order valence-electron chi connectivity index (χ1n) is 5.74. The Balaban J connectivity index is 2.61. The van der Waals surface area contributed by atoms with Gasteiger partial charge in [0, 0.05) is 31.2 Å². The molecule has 0 aliphatic rings. The first-order valence-corrected chi connectivity index (χ1v) is 5.74. The van der Waals surface area contributed by atoms with Crippen molar-refractivity contribution in [3.8, 4) is 11.8 Å². The predicted octanol–water partition coefficient (Wildman–Crippen LogP) is 1.27. The molecule has 3 heteroatoms. The Labute approximate surface area is 102 Å². The van der Waals surface area contributed by atoms with E-state index in [2.05, 4.69) is 11.8 Å². The van der Waals surface area contributed by atoms with Crippen molar-refractivity contribution in [2.24, 2.45) is 0 Å². The minimum Gasteiger partial charge on any atom is -0.396 e. The number of carbonyl (C=O) groups is 1. The summed E-state index contributed by atoms with van der Waals surface area (Å²) >= 11 is 0. The number of carbonyl (C=O) groups excluding carboxylic acids is 1. The molecule has 1 amide bonds. The number of aliphatic hydroxyl groups excluding tert-OH is 1. The maximum Gasteiger partial charge on any atom is 0.298 e. The van der Waals surface area contributed by atoms with Gasteiger partial charge in [-0.3, -0.25) is 4.79 Å². The second kappa shape index (κ2) is 7.48. The fourth-order valence-corrected chi connectivity index (χ4v) is 1.39. The summed E-state index contributed by atoms with van der Waals surface area (Å²) in [4.78, 5) is 13.4. The average Bonchev–Trinajstić information content (AvgIpc) is 2.38. The Morgan fingerprint density at radius 1 is 1.35 bits per heavy atom. The molecule has 0 unspecified atom stereocenters. The van der Waals surface area contributed by atoms with Gasteiger partial charge in [0.15, 0.2) is 0 Å². The van der Waals surface area contributed by atoms with E-state index in [0.717, 1.165) is 5.56 Å². The second-order valence-electron chi connectivity index (χ2n) is 3.58. The summed E-state index contributed by atoms with van der Waals surface area (Å²) in [6, 6.07) is 9.41. The standard InChI is InChI=1S/C14H17NO2/c1-2-15(11-6-12-16)14(17)10-9-13-7-4-3-5-8-13/h3-5,7-8,16H,2,6,11-12H2,1H3. The Hall–Kier alpha value is -1.79. The van der Waals surface area contributed by atoms with Gasteiger partial charge in [-0.25, -0.2) is 0 Å². The van der Waals surface area contributed by atoms with Crippen LogP contribution in [0.2, 0.25) is 0 Å². The van der Waals surface area contributed by atoms with E-state index < -0.39 is 0 Å². The molecule has 1 aromatic rings. The topological polar surface area (TPSA) is 40.5 Å². The first-order chi connectivity index (χ1) is 8.27. The van der Waals surface area contributed by atoms with Crippen molar-refractivity contribution >= 4 is 5.91 Å². The van der Waals surface area contributed by atoms with E-state index >= 15 is 0 Å². The van der Waals surface area contributed by atoms with Gasteiger partial charge in [-0.1, -0.05) is 24.1 Å². The van der Waals surface area contributed by atoms with Gasteiger partial charge in [0.05, 0.1) is 0 Å². The Kier molecular flexibility index (Phi) is 5.84. The normalized spacial score (nSPS) is 9.29. The number of hydrogen-bond acceptors (Lipinski definition) is 2. The number of hydrogen-bond donors (Lipinski definition) is 1. The van der Waals surface area contributed by atoms with Gasteiger partial charge < -0.3 is 10.0 Å². The lowest BCUT2D eigenvalue weighted by atomic mass is 10.2. The lowest BCUT2D eigenvalue weighted by Gasteiger charge is -2.16. The van der Waals surface area contributed by atoms with Crippen molar-refractivity contribution in [3.05, 3.63) is 35.9 Å². The van der Waals surface area contributed by atoms with Gasteiger partial charge >= 0.3 is 0 Å². The van der Waals surface area contributed by atoms with Gasteiger partial charge in [0.2, 0.25) is 0 Å². The van der Waals surface area contributed by atoms with Crippen molar-refractivity contribution in [1.29, 1.82) is 0 Å². The minimum absolute atomic E-state index is 0.0931. The van der Waals surface area contributed by atoms with E-state index in [9.17, 15) is 4.79 Å². The third-order valence-electron chi connectivity index (χ3n) is 2.34. The molecule has 0 aliphatic carbocycles. The van der Waals surface area contributed by atoms with Crippen molar-refractivity contribution < 1.29 is 9.90 Å². The molecule has 90 valence electrons. The van der Waals surface area contributed by atoms with Gasteiger partial charge in [-0.05, 0) is 25.5 Å². The summed E-state index contributed by atoms with van der Waals surface area (Å²) in [6.07, 6.45) is 0.590. The highest BCUT2D eigenvalue weighted by molar-refractivity contribution is 5.94. The third-order valence-corrected chi connectivity index (χ3v) is 2.34. The third kappa shape index (κ3) is 4.71. The van der Waals surface area contributed by atoms with Gasteiger partial charge in [-0.15, -0.1) is 0 Å². The zero-order valence-corrected chi connectivity index (χ0v) is 10.0. The molecule has 0 heterocycles. The molecule has 0 saturated heterocycles. The monoisotopic (exact) mass is 231 g/mol. The van der Waals surface area contributed by atoms with E-state index in [1.165, 1.54) is 0 Å². The molecule has 3 nitrogen and oxygen atoms in total. The van der Waals surface area contributed by atoms with Crippen molar-refractivity contribution in [2.45, 2.75) is 13.3 Å². The zero-order chi connectivity index (χ0) is 12.5. The molecule has 0 radical (unpaired) electrons. The molecule has 0 aromatic heterocycles. The van der Waals surface area contributed by atoms with Crippen LogP contribution >= 0.6 is 0 Å². The lowest BCUT2D eigenvalue weighted by Crippen LogP contribution is -2.31. The Bertz CT molecular complexity index is 403. The highest BCUT2D eigenvalue weighted by atomic mass is 16.3. The van der Waals surface area contributed by atoms with Crippen LogP contribution in [0.15, 0.2) is 30.3 Å². The number of aliphatic hydroxyl groups is 1. The second-order valence-corrected chi connectivity index (χ2v) is 3.58. The number of rotatable bonds is 4. The molecule has 1 aromatic carbocycles. The van der Waals surface area contributed by atoms with E-state index in [0.29, 0.717) is 19.5 Å². The molecule has 0 spiro atoms. The van der Waals surface area contributed by atoms with E-state index in [-0.39, 0.29) is 12.5 Å². The molecule has 1 N–H and O–H groups in total. The quantitative estimate of drug-likeness (QED) is 0.793.